The van der Waals surface area contributed by atoms with Crippen LogP contribution in [0.5, 0.6) is 0 Å². The van der Waals surface area contributed by atoms with E-state index >= 15 is 0 Å². The Morgan fingerprint density at radius 1 is 1.42 bits per heavy atom. The lowest BCUT2D eigenvalue weighted by atomic mass is 9.72. The summed E-state index contributed by atoms with van der Waals surface area (Å²) in [5, 5.41) is 7.47. The normalized spacial score (nSPS) is 17.0. The Kier molecular flexibility index (Phi) is 5.00. The van der Waals surface area contributed by atoms with Crippen LogP contribution in [0.2, 0.25) is 0 Å². The van der Waals surface area contributed by atoms with Crippen molar-refractivity contribution in [1.29, 1.82) is 0 Å². The number of carbonyl (C=O) groups is 2. The molecule has 26 heavy (non-hydrogen) atoms. The molecule has 0 bridgehead atoms. The SMILES string of the molecule is Cn1ncc(Br)c1C(=O)Nc1sc2c(c1C(N)=O)CC[C@H](C(C)(C)C)C2. The maximum atomic E-state index is 12.7. The molecule has 1 aliphatic carbocycles. The fourth-order valence-electron chi connectivity index (χ4n) is 3.50. The van der Waals surface area contributed by atoms with E-state index < -0.39 is 5.91 Å². The molecule has 1 aliphatic rings. The topological polar surface area (TPSA) is 90.0 Å². The van der Waals surface area contributed by atoms with Crippen LogP contribution >= 0.6 is 27.3 Å². The molecule has 2 aromatic heterocycles. The van der Waals surface area contributed by atoms with Gasteiger partial charge in [0.15, 0.2) is 0 Å². The lowest BCUT2D eigenvalue weighted by molar-refractivity contribution is 0.1000. The first-order chi connectivity index (χ1) is 12.1. The molecular formula is C18H23BrN4O2S. The molecule has 0 spiro atoms. The Bertz CT molecular complexity index is 859. The van der Waals surface area contributed by atoms with Crippen LogP contribution < -0.4 is 11.1 Å². The smallest absolute Gasteiger partial charge is 0.275 e. The third kappa shape index (κ3) is 3.44. The van der Waals surface area contributed by atoms with E-state index in [9.17, 15) is 9.59 Å². The van der Waals surface area contributed by atoms with Gasteiger partial charge in [0.25, 0.3) is 11.8 Å². The number of amides is 2. The number of hydrogen-bond donors (Lipinski definition) is 2. The quantitative estimate of drug-likeness (QED) is 0.764. The second kappa shape index (κ2) is 6.81. The third-order valence-electron chi connectivity index (χ3n) is 5.07. The third-order valence-corrected chi connectivity index (χ3v) is 6.82. The van der Waals surface area contributed by atoms with Gasteiger partial charge in [0, 0.05) is 11.9 Å². The summed E-state index contributed by atoms with van der Waals surface area (Å²) in [6.07, 6.45) is 4.32. The largest absolute Gasteiger partial charge is 0.365 e. The van der Waals surface area contributed by atoms with Gasteiger partial charge in [-0.05, 0) is 52.1 Å². The second-order valence-corrected chi connectivity index (χ2v) is 9.76. The van der Waals surface area contributed by atoms with Crippen molar-refractivity contribution < 1.29 is 9.59 Å². The zero-order valence-corrected chi connectivity index (χ0v) is 17.8. The Hall–Kier alpha value is -1.67. The van der Waals surface area contributed by atoms with Crippen molar-refractivity contribution in [3.8, 4) is 0 Å². The number of nitrogens with one attached hydrogen (secondary N) is 1. The van der Waals surface area contributed by atoms with Crippen molar-refractivity contribution >= 4 is 44.1 Å². The van der Waals surface area contributed by atoms with E-state index in [4.69, 9.17) is 5.73 Å². The number of anilines is 1. The van der Waals surface area contributed by atoms with Crippen LogP contribution in [-0.4, -0.2) is 21.6 Å². The molecule has 0 saturated heterocycles. The van der Waals surface area contributed by atoms with Gasteiger partial charge in [0.05, 0.1) is 16.2 Å². The number of thiophene rings is 1. The molecule has 0 unspecified atom stereocenters. The number of aromatic nitrogens is 2. The lowest BCUT2D eigenvalue weighted by Crippen LogP contribution is -2.27. The highest BCUT2D eigenvalue weighted by atomic mass is 79.9. The maximum absolute atomic E-state index is 12.7. The molecule has 3 rings (SSSR count). The van der Waals surface area contributed by atoms with Crippen LogP contribution in [0.25, 0.3) is 0 Å². The summed E-state index contributed by atoms with van der Waals surface area (Å²) < 4.78 is 2.10. The number of primary amides is 1. The molecule has 0 aliphatic heterocycles. The van der Waals surface area contributed by atoms with E-state index in [0.717, 1.165) is 29.7 Å². The van der Waals surface area contributed by atoms with Gasteiger partial charge >= 0.3 is 0 Å². The molecule has 2 heterocycles. The predicted octanol–water partition coefficient (Wildman–Crippen LogP) is 3.75. The first-order valence-electron chi connectivity index (χ1n) is 8.52. The van der Waals surface area contributed by atoms with Gasteiger partial charge in [-0.1, -0.05) is 20.8 Å². The van der Waals surface area contributed by atoms with Gasteiger partial charge in [-0.3, -0.25) is 14.3 Å². The summed E-state index contributed by atoms with van der Waals surface area (Å²) in [5.74, 6) is -0.259. The van der Waals surface area contributed by atoms with Gasteiger partial charge in [0.1, 0.15) is 10.7 Å². The number of nitrogens with two attached hydrogens (primary N) is 1. The van der Waals surface area contributed by atoms with E-state index in [0.29, 0.717) is 26.6 Å². The molecule has 0 radical (unpaired) electrons. The minimum absolute atomic E-state index is 0.206. The van der Waals surface area contributed by atoms with Gasteiger partial charge < -0.3 is 11.1 Å². The molecule has 6 nitrogen and oxygen atoms in total. The number of rotatable bonds is 3. The van der Waals surface area contributed by atoms with Crippen LogP contribution in [0.15, 0.2) is 10.7 Å². The van der Waals surface area contributed by atoms with Crippen LogP contribution in [-0.2, 0) is 19.9 Å². The summed E-state index contributed by atoms with van der Waals surface area (Å²) in [6.45, 7) is 6.73. The first-order valence-corrected chi connectivity index (χ1v) is 10.1. The highest BCUT2D eigenvalue weighted by molar-refractivity contribution is 9.10. The Balaban J connectivity index is 1.95. The monoisotopic (exact) mass is 438 g/mol. The van der Waals surface area contributed by atoms with Crippen molar-refractivity contribution in [2.45, 2.75) is 40.0 Å². The van der Waals surface area contributed by atoms with Crippen LogP contribution in [0.1, 0.15) is 58.5 Å². The number of halogens is 1. The van der Waals surface area contributed by atoms with Crippen LogP contribution in [0, 0.1) is 11.3 Å². The highest BCUT2D eigenvalue weighted by Gasteiger charge is 2.33. The molecule has 8 heteroatoms. The lowest BCUT2D eigenvalue weighted by Gasteiger charge is -2.33. The highest BCUT2D eigenvalue weighted by Crippen LogP contribution is 2.44. The van der Waals surface area contributed by atoms with Crippen LogP contribution in [0.4, 0.5) is 5.00 Å². The molecular weight excluding hydrogens is 416 g/mol. The summed E-state index contributed by atoms with van der Waals surface area (Å²) in [7, 11) is 1.70. The molecule has 140 valence electrons. The standard InChI is InChI=1S/C18H23BrN4O2S/c1-18(2,3)9-5-6-10-12(7-9)26-17(13(10)15(20)24)22-16(25)14-11(19)8-21-23(14)4/h8-9H,5-7H2,1-4H3,(H2,20,24)(H,22,25)/t9-/m0/s1. The summed E-state index contributed by atoms with van der Waals surface area (Å²) in [4.78, 5) is 25.9. The van der Waals surface area contributed by atoms with Crippen LogP contribution in [0.3, 0.4) is 0 Å². The Morgan fingerprint density at radius 2 is 2.12 bits per heavy atom. The number of hydrogen-bond acceptors (Lipinski definition) is 4. The zero-order chi connectivity index (χ0) is 19.2. The molecule has 2 aromatic rings. The van der Waals surface area contributed by atoms with Gasteiger partial charge in [-0.25, -0.2) is 0 Å². The van der Waals surface area contributed by atoms with Gasteiger partial charge in [-0.2, -0.15) is 5.10 Å². The first kappa shape index (κ1) is 19.1. The number of nitrogens with zero attached hydrogens (tertiary/aromatic N) is 2. The van der Waals surface area contributed by atoms with E-state index in [2.05, 4.69) is 47.1 Å². The van der Waals surface area contributed by atoms with Crippen molar-refractivity contribution in [1.82, 2.24) is 9.78 Å². The zero-order valence-electron chi connectivity index (χ0n) is 15.4. The average Bonchev–Trinajstić information content (AvgIpc) is 3.05. The summed E-state index contributed by atoms with van der Waals surface area (Å²) in [5.41, 5.74) is 7.72. The molecule has 0 fully saturated rings. The molecule has 0 saturated carbocycles. The fourth-order valence-corrected chi connectivity index (χ4v) is 5.36. The van der Waals surface area contributed by atoms with Crippen molar-refractivity contribution in [2.24, 2.45) is 24.1 Å². The Morgan fingerprint density at radius 3 is 2.65 bits per heavy atom. The van der Waals surface area contributed by atoms with E-state index in [1.165, 1.54) is 16.0 Å². The van der Waals surface area contributed by atoms with Gasteiger partial charge in [-0.15, -0.1) is 11.3 Å². The Labute approximate surface area is 165 Å². The molecule has 1 atom stereocenters. The number of carbonyl (C=O) groups excluding carboxylic acids is 2. The number of fused-ring (bicyclic) bond motifs is 1. The van der Waals surface area contributed by atoms with E-state index in [1.54, 1.807) is 13.2 Å². The van der Waals surface area contributed by atoms with Crippen molar-refractivity contribution in [3.05, 3.63) is 32.4 Å². The minimum atomic E-state index is -0.490. The number of aryl methyl sites for hydroxylation is 1. The predicted molar refractivity (Wildman–Crippen MR) is 107 cm³/mol. The van der Waals surface area contributed by atoms with E-state index in [-0.39, 0.29) is 11.3 Å². The van der Waals surface area contributed by atoms with E-state index in [1.807, 2.05) is 0 Å². The van der Waals surface area contributed by atoms with Crippen molar-refractivity contribution in [3.63, 3.8) is 0 Å². The second-order valence-electron chi connectivity index (χ2n) is 7.80. The maximum Gasteiger partial charge on any atom is 0.275 e. The molecule has 0 aromatic carbocycles. The molecule has 2 amide bonds. The average molecular weight is 439 g/mol. The fraction of sp³-hybridized carbons (Fsp3) is 0.500. The molecule has 3 N–H and O–H groups in total. The van der Waals surface area contributed by atoms with Crippen molar-refractivity contribution in [2.75, 3.05) is 5.32 Å². The minimum Gasteiger partial charge on any atom is -0.365 e. The van der Waals surface area contributed by atoms with Gasteiger partial charge in [0.2, 0.25) is 0 Å². The summed E-state index contributed by atoms with van der Waals surface area (Å²) in [6, 6.07) is 0. The summed E-state index contributed by atoms with van der Waals surface area (Å²) >= 11 is 4.80.